The number of hydrogen-bond acceptors (Lipinski definition) is 3. The molecule has 1 aromatic carbocycles. The van der Waals surface area contributed by atoms with Crippen LogP contribution in [0.2, 0.25) is 5.02 Å². The third-order valence-corrected chi connectivity index (χ3v) is 3.52. The summed E-state index contributed by atoms with van der Waals surface area (Å²) >= 11 is 6.26. The molecule has 2 heterocycles. The molecule has 104 valence electrons. The topological polar surface area (TPSA) is 72.5 Å². The van der Waals surface area contributed by atoms with E-state index in [0.717, 1.165) is 16.8 Å². The van der Waals surface area contributed by atoms with Gasteiger partial charge in [-0.25, -0.2) is 4.68 Å². The van der Waals surface area contributed by atoms with E-state index in [1.165, 1.54) is 0 Å². The zero-order valence-electron chi connectivity index (χ0n) is 11.6. The summed E-state index contributed by atoms with van der Waals surface area (Å²) in [6.45, 7) is 6.29. The van der Waals surface area contributed by atoms with E-state index in [4.69, 9.17) is 17.3 Å². The number of rotatable bonds is 1. The number of nitrogens with one attached hydrogen (secondary N) is 1. The van der Waals surface area contributed by atoms with Gasteiger partial charge in [0.25, 0.3) is 0 Å². The van der Waals surface area contributed by atoms with E-state index >= 15 is 0 Å². The maximum absolute atomic E-state index is 6.26. The van der Waals surface area contributed by atoms with E-state index < -0.39 is 0 Å². The minimum Gasteiger partial charge on any atom is -0.383 e. The van der Waals surface area contributed by atoms with Crippen molar-refractivity contribution in [2.45, 2.75) is 26.2 Å². The molecule has 0 aliphatic rings. The summed E-state index contributed by atoms with van der Waals surface area (Å²) in [6.07, 6.45) is 0. The maximum Gasteiger partial charge on any atom is 0.186 e. The van der Waals surface area contributed by atoms with Gasteiger partial charge < -0.3 is 5.73 Å². The lowest BCUT2D eigenvalue weighted by Gasteiger charge is -2.15. The molecule has 3 N–H and O–H groups in total. The predicted octanol–water partition coefficient (Wildman–Crippen LogP) is 3.28. The molecule has 0 bridgehead atoms. The molecule has 0 radical (unpaired) electrons. The van der Waals surface area contributed by atoms with Crippen molar-refractivity contribution < 1.29 is 0 Å². The van der Waals surface area contributed by atoms with Crippen molar-refractivity contribution in [3.8, 4) is 5.69 Å². The Balaban J connectivity index is 2.36. The molecule has 3 aromatic rings. The second kappa shape index (κ2) is 4.24. The number of H-pyrrole nitrogens is 1. The Kier molecular flexibility index (Phi) is 2.76. The first kappa shape index (κ1) is 13.0. The van der Waals surface area contributed by atoms with Gasteiger partial charge in [-0.05, 0) is 12.1 Å². The van der Waals surface area contributed by atoms with Gasteiger partial charge in [0.1, 0.15) is 5.82 Å². The monoisotopic (exact) mass is 289 g/mol. The highest BCUT2D eigenvalue weighted by molar-refractivity contribution is 6.32. The number of benzene rings is 1. The van der Waals surface area contributed by atoms with Gasteiger partial charge in [0, 0.05) is 5.41 Å². The lowest BCUT2D eigenvalue weighted by atomic mass is 9.91. The Morgan fingerprint density at radius 3 is 2.60 bits per heavy atom. The molecule has 0 fully saturated rings. The van der Waals surface area contributed by atoms with Crippen LogP contribution in [-0.4, -0.2) is 20.0 Å². The number of aromatic nitrogens is 4. The van der Waals surface area contributed by atoms with Gasteiger partial charge in [-0.3, -0.25) is 5.10 Å². The zero-order chi connectivity index (χ0) is 14.5. The minimum atomic E-state index is -0.136. The van der Waals surface area contributed by atoms with Gasteiger partial charge >= 0.3 is 0 Å². The van der Waals surface area contributed by atoms with Crippen LogP contribution in [0.3, 0.4) is 0 Å². The van der Waals surface area contributed by atoms with Gasteiger partial charge in [-0.15, -0.1) is 0 Å². The molecule has 2 aromatic heterocycles. The molecule has 0 atom stereocenters. The van der Waals surface area contributed by atoms with E-state index in [-0.39, 0.29) is 5.41 Å². The molecule has 0 unspecified atom stereocenters. The van der Waals surface area contributed by atoms with Crippen LogP contribution in [0.5, 0.6) is 0 Å². The zero-order valence-corrected chi connectivity index (χ0v) is 12.4. The van der Waals surface area contributed by atoms with Crippen LogP contribution in [0.1, 0.15) is 26.5 Å². The minimum absolute atomic E-state index is 0.136. The number of para-hydroxylation sites is 1. The highest BCUT2D eigenvalue weighted by Gasteiger charge is 2.26. The molecule has 20 heavy (non-hydrogen) atoms. The van der Waals surface area contributed by atoms with Crippen molar-refractivity contribution in [2.75, 3.05) is 5.73 Å². The summed E-state index contributed by atoms with van der Waals surface area (Å²) in [6, 6.07) is 7.54. The number of anilines is 1. The fourth-order valence-electron chi connectivity index (χ4n) is 2.25. The van der Waals surface area contributed by atoms with Gasteiger partial charge in [-0.2, -0.15) is 10.2 Å². The van der Waals surface area contributed by atoms with Crippen molar-refractivity contribution in [2.24, 2.45) is 0 Å². The summed E-state index contributed by atoms with van der Waals surface area (Å²) in [7, 11) is 0. The molecule has 0 aliphatic carbocycles. The highest BCUT2D eigenvalue weighted by atomic mass is 35.5. The van der Waals surface area contributed by atoms with Crippen molar-refractivity contribution in [1.82, 2.24) is 20.0 Å². The number of aromatic amines is 1. The number of halogens is 1. The van der Waals surface area contributed by atoms with Crippen LogP contribution >= 0.6 is 11.6 Å². The molecule has 5 nitrogen and oxygen atoms in total. The van der Waals surface area contributed by atoms with Crippen LogP contribution in [-0.2, 0) is 5.41 Å². The maximum atomic E-state index is 6.26. The Labute approximate surface area is 121 Å². The van der Waals surface area contributed by atoms with Crippen LogP contribution in [0, 0.1) is 0 Å². The number of nitrogen functional groups attached to an aromatic ring is 1. The Morgan fingerprint density at radius 2 is 1.95 bits per heavy atom. The van der Waals surface area contributed by atoms with Crippen LogP contribution in [0.4, 0.5) is 5.82 Å². The first-order valence-electron chi connectivity index (χ1n) is 6.37. The summed E-state index contributed by atoms with van der Waals surface area (Å²) < 4.78 is 1.74. The first-order chi connectivity index (χ1) is 9.39. The quantitative estimate of drug-likeness (QED) is 0.722. The molecule has 0 amide bonds. The third kappa shape index (κ3) is 1.86. The molecular formula is C14H16ClN5. The highest BCUT2D eigenvalue weighted by Crippen LogP contribution is 2.34. The smallest absolute Gasteiger partial charge is 0.186 e. The predicted molar refractivity (Wildman–Crippen MR) is 81.3 cm³/mol. The summed E-state index contributed by atoms with van der Waals surface area (Å²) in [5.41, 5.74) is 8.25. The van der Waals surface area contributed by atoms with Gasteiger partial charge in [0.05, 0.1) is 21.8 Å². The fourth-order valence-corrected chi connectivity index (χ4v) is 2.46. The SMILES string of the molecule is CC(C)(C)c1nn(-c2ccccc2Cl)c2n[nH]c(N)c12. The molecule has 0 aliphatic heterocycles. The average Bonchev–Trinajstić information content (AvgIpc) is 2.91. The van der Waals surface area contributed by atoms with Gasteiger partial charge in [0.2, 0.25) is 0 Å². The number of hydrogen-bond donors (Lipinski definition) is 2. The molecule has 6 heteroatoms. The van der Waals surface area contributed by atoms with Crippen molar-refractivity contribution >= 4 is 28.5 Å². The number of fused-ring (bicyclic) bond motifs is 1. The standard InChI is InChI=1S/C14H16ClN5/c1-14(2,3)11-10-12(16)17-18-13(10)20(19-11)9-7-5-4-6-8(9)15/h4-7H,1-3H3,(H3,16,17,18). The largest absolute Gasteiger partial charge is 0.383 e. The molecule has 0 spiro atoms. The Hall–Kier alpha value is -2.01. The molecular weight excluding hydrogens is 274 g/mol. The van der Waals surface area contributed by atoms with Gasteiger partial charge in [0.15, 0.2) is 5.65 Å². The third-order valence-electron chi connectivity index (χ3n) is 3.20. The van der Waals surface area contributed by atoms with Crippen molar-refractivity contribution in [3.05, 3.63) is 35.0 Å². The second-order valence-electron chi connectivity index (χ2n) is 5.80. The van der Waals surface area contributed by atoms with Crippen LogP contribution in [0.15, 0.2) is 24.3 Å². The van der Waals surface area contributed by atoms with Crippen LogP contribution < -0.4 is 5.73 Å². The summed E-state index contributed by atoms with van der Waals surface area (Å²) in [5, 5.41) is 13.2. The van der Waals surface area contributed by atoms with Crippen molar-refractivity contribution in [1.29, 1.82) is 0 Å². The summed E-state index contributed by atoms with van der Waals surface area (Å²) in [5.74, 6) is 0.531. The van der Waals surface area contributed by atoms with E-state index in [2.05, 4.69) is 36.1 Å². The number of nitrogens with two attached hydrogens (primary N) is 1. The molecule has 0 saturated heterocycles. The van der Waals surface area contributed by atoms with Gasteiger partial charge in [-0.1, -0.05) is 44.5 Å². The Morgan fingerprint density at radius 1 is 1.25 bits per heavy atom. The normalized spacial score (nSPS) is 12.2. The lowest BCUT2D eigenvalue weighted by Crippen LogP contribution is -2.13. The number of nitrogens with zero attached hydrogens (tertiary/aromatic N) is 3. The molecule has 3 rings (SSSR count). The fraction of sp³-hybridized carbons (Fsp3) is 0.286. The summed E-state index contributed by atoms with van der Waals surface area (Å²) in [4.78, 5) is 0. The first-order valence-corrected chi connectivity index (χ1v) is 6.75. The van der Waals surface area contributed by atoms with Crippen LogP contribution in [0.25, 0.3) is 16.7 Å². The lowest BCUT2D eigenvalue weighted by molar-refractivity contribution is 0.564. The average molecular weight is 290 g/mol. The van der Waals surface area contributed by atoms with E-state index in [1.807, 2.05) is 24.3 Å². The van der Waals surface area contributed by atoms with E-state index in [9.17, 15) is 0 Å². The molecule has 0 saturated carbocycles. The second-order valence-corrected chi connectivity index (χ2v) is 6.20. The van der Waals surface area contributed by atoms with E-state index in [1.54, 1.807) is 4.68 Å². The van der Waals surface area contributed by atoms with E-state index in [0.29, 0.717) is 16.5 Å². The van der Waals surface area contributed by atoms with Crippen molar-refractivity contribution in [3.63, 3.8) is 0 Å². The Bertz CT molecular complexity index is 779.